The molecule has 0 radical (unpaired) electrons. The first kappa shape index (κ1) is 7.15. The number of aryl methyl sites for hydroxylation is 1. The predicted molar refractivity (Wildman–Crippen MR) is 39.5 cm³/mol. The number of nitrogens with zero attached hydrogens (tertiary/aromatic N) is 2. The maximum absolute atomic E-state index is 5.34. The predicted octanol–water partition coefficient (Wildman–Crippen LogP) is 0.286. The van der Waals surface area contributed by atoms with Crippen LogP contribution in [0.5, 0.6) is 0 Å². The second-order valence-corrected chi connectivity index (χ2v) is 2.26. The zero-order valence-corrected chi connectivity index (χ0v) is 6.04. The van der Waals surface area contributed by atoms with Gasteiger partial charge >= 0.3 is 0 Å². The van der Waals surface area contributed by atoms with Crippen LogP contribution in [0.3, 0.4) is 0 Å². The van der Waals surface area contributed by atoms with E-state index in [4.69, 9.17) is 5.73 Å². The molecular weight excluding hydrogens is 126 g/mol. The Morgan fingerprint density at radius 3 is 3.00 bits per heavy atom. The summed E-state index contributed by atoms with van der Waals surface area (Å²) in [6.45, 7) is 2.63. The molecule has 0 bridgehead atoms. The molecule has 2 N–H and O–H groups in total. The molecule has 1 aromatic rings. The lowest BCUT2D eigenvalue weighted by Crippen LogP contribution is -2.05. The van der Waals surface area contributed by atoms with Crippen LogP contribution in [-0.2, 0) is 6.42 Å². The van der Waals surface area contributed by atoms with Crippen LogP contribution in [0.25, 0.3) is 0 Å². The Hall–Kier alpha value is -0.960. The molecule has 0 spiro atoms. The molecule has 0 atom stereocenters. The summed E-state index contributed by atoms with van der Waals surface area (Å²) in [7, 11) is 0. The molecule has 0 aromatic carbocycles. The normalized spacial score (nSPS) is 9.80. The summed E-state index contributed by atoms with van der Waals surface area (Å²) in [6.07, 6.45) is 2.55. The molecule has 3 heteroatoms. The van der Waals surface area contributed by atoms with Crippen molar-refractivity contribution >= 4 is 0 Å². The minimum absolute atomic E-state index is 0.637. The van der Waals surface area contributed by atoms with Gasteiger partial charge in [0.1, 0.15) is 0 Å². The molecule has 1 rings (SSSR count). The molecule has 1 heterocycles. The maximum Gasteiger partial charge on any atom is 0.0646 e. The molecular formula is C7H11N3. The standard InChI is InChI=1S/C7H11N3/c1-6-4-7(2-3-8)10-9-5-6/h4-5H,2-3,8H2,1H3. The molecule has 0 saturated carbocycles. The van der Waals surface area contributed by atoms with Crippen molar-refractivity contribution in [1.29, 1.82) is 0 Å². The summed E-state index contributed by atoms with van der Waals surface area (Å²) in [4.78, 5) is 0. The molecule has 0 aliphatic carbocycles. The Bertz CT molecular complexity index is 210. The van der Waals surface area contributed by atoms with Gasteiger partial charge in [0.15, 0.2) is 0 Å². The van der Waals surface area contributed by atoms with Crippen molar-refractivity contribution in [3.63, 3.8) is 0 Å². The summed E-state index contributed by atoms with van der Waals surface area (Å²) in [6, 6.07) is 2.00. The van der Waals surface area contributed by atoms with E-state index in [1.807, 2.05) is 13.0 Å². The number of rotatable bonds is 2. The van der Waals surface area contributed by atoms with Gasteiger partial charge < -0.3 is 5.73 Å². The van der Waals surface area contributed by atoms with Gasteiger partial charge in [-0.3, -0.25) is 0 Å². The Kier molecular flexibility index (Phi) is 2.34. The summed E-state index contributed by atoms with van der Waals surface area (Å²) in [5, 5.41) is 7.70. The van der Waals surface area contributed by atoms with Crippen molar-refractivity contribution < 1.29 is 0 Å². The van der Waals surface area contributed by atoms with Crippen molar-refractivity contribution in [2.45, 2.75) is 13.3 Å². The lowest BCUT2D eigenvalue weighted by Gasteiger charge is -1.95. The third-order valence-corrected chi connectivity index (χ3v) is 1.24. The second-order valence-electron chi connectivity index (χ2n) is 2.26. The third-order valence-electron chi connectivity index (χ3n) is 1.24. The molecule has 0 fully saturated rings. The number of nitrogens with two attached hydrogens (primary N) is 1. The smallest absolute Gasteiger partial charge is 0.0646 e. The van der Waals surface area contributed by atoms with Crippen molar-refractivity contribution in [2.24, 2.45) is 5.73 Å². The largest absolute Gasteiger partial charge is 0.330 e. The van der Waals surface area contributed by atoms with E-state index in [9.17, 15) is 0 Å². The molecule has 1 aromatic heterocycles. The average molecular weight is 137 g/mol. The summed E-state index contributed by atoms with van der Waals surface area (Å²) < 4.78 is 0. The van der Waals surface area contributed by atoms with E-state index in [1.54, 1.807) is 6.20 Å². The van der Waals surface area contributed by atoms with E-state index in [-0.39, 0.29) is 0 Å². The second kappa shape index (κ2) is 3.27. The van der Waals surface area contributed by atoms with Crippen LogP contribution in [-0.4, -0.2) is 16.7 Å². The number of aromatic nitrogens is 2. The monoisotopic (exact) mass is 137 g/mol. The summed E-state index contributed by atoms with van der Waals surface area (Å²) in [5.41, 5.74) is 7.45. The van der Waals surface area contributed by atoms with Crippen molar-refractivity contribution in [2.75, 3.05) is 6.54 Å². The fraction of sp³-hybridized carbons (Fsp3) is 0.429. The molecule has 10 heavy (non-hydrogen) atoms. The Morgan fingerprint density at radius 2 is 2.40 bits per heavy atom. The topological polar surface area (TPSA) is 51.8 Å². The van der Waals surface area contributed by atoms with E-state index < -0.39 is 0 Å². The van der Waals surface area contributed by atoms with Gasteiger partial charge in [-0.2, -0.15) is 10.2 Å². The van der Waals surface area contributed by atoms with Crippen molar-refractivity contribution in [3.05, 3.63) is 23.5 Å². The molecule has 3 nitrogen and oxygen atoms in total. The fourth-order valence-electron chi connectivity index (χ4n) is 0.793. The van der Waals surface area contributed by atoms with Crippen molar-refractivity contribution in [3.8, 4) is 0 Å². The zero-order chi connectivity index (χ0) is 7.40. The van der Waals surface area contributed by atoms with Crippen LogP contribution in [0.15, 0.2) is 12.3 Å². The Labute approximate surface area is 60.3 Å². The van der Waals surface area contributed by atoms with Gasteiger partial charge in [-0.15, -0.1) is 0 Å². The first-order valence-electron chi connectivity index (χ1n) is 3.31. The lowest BCUT2D eigenvalue weighted by atomic mass is 10.2. The Morgan fingerprint density at radius 1 is 1.60 bits per heavy atom. The highest BCUT2D eigenvalue weighted by atomic mass is 15.1. The molecule has 0 amide bonds. The molecule has 0 saturated heterocycles. The molecule has 0 unspecified atom stereocenters. The van der Waals surface area contributed by atoms with Crippen LogP contribution >= 0.6 is 0 Å². The van der Waals surface area contributed by atoms with Crippen LogP contribution in [0.4, 0.5) is 0 Å². The molecule has 0 aliphatic rings. The fourth-order valence-corrected chi connectivity index (χ4v) is 0.793. The van der Waals surface area contributed by atoms with Gasteiger partial charge in [0, 0.05) is 6.42 Å². The van der Waals surface area contributed by atoms with Crippen LogP contribution in [0, 0.1) is 6.92 Å². The van der Waals surface area contributed by atoms with Crippen LogP contribution in [0.2, 0.25) is 0 Å². The van der Waals surface area contributed by atoms with E-state index in [1.165, 1.54) is 0 Å². The van der Waals surface area contributed by atoms with Gasteiger partial charge in [0.2, 0.25) is 0 Å². The van der Waals surface area contributed by atoms with Crippen molar-refractivity contribution in [1.82, 2.24) is 10.2 Å². The SMILES string of the molecule is Cc1cnnc(CCN)c1. The van der Waals surface area contributed by atoms with Gasteiger partial charge in [0.25, 0.3) is 0 Å². The molecule has 0 aliphatic heterocycles. The Balaban J connectivity index is 2.75. The minimum Gasteiger partial charge on any atom is -0.330 e. The minimum atomic E-state index is 0.637. The van der Waals surface area contributed by atoms with Gasteiger partial charge in [-0.1, -0.05) is 0 Å². The third kappa shape index (κ3) is 1.77. The van der Waals surface area contributed by atoms with E-state index in [0.29, 0.717) is 6.54 Å². The first-order chi connectivity index (χ1) is 4.83. The van der Waals surface area contributed by atoms with Crippen LogP contribution < -0.4 is 5.73 Å². The quantitative estimate of drug-likeness (QED) is 0.637. The average Bonchev–Trinajstić information content (AvgIpc) is 1.88. The zero-order valence-electron chi connectivity index (χ0n) is 6.04. The highest BCUT2D eigenvalue weighted by molar-refractivity contribution is 5.10. The summed E-state index contributed by atoms with van der Waals surface area (Å²) >= 11 is 0. The highest BCUT2D eigenvalue weighted by Crippen LogP contribution is 1.96. The van der Waals surface area contributed by atoms with E-state index >= 15 is 0 Å². The first-order valence-corrected chi connectivity index (χ1v) is 3.31. The van der Waals surface area contributed by atoms with E-state index in [0.717, 1.165) is 17.7 Å². The lowest BCUT2D eigenvalue weighted by molar-refractivity contribution is 0.860. The van der Waals surface area contributed by atoms with Gasteiger partial charge in [-0.25, -0.2) is 0 Å². The van der Waals surface area contributed by atoms with Crippen LogP contribution in [0.1, 0.15) is 11.3 Å². The van der Waals surface area contributed by atoms with E-state index in [2.05, 4.69) is 10.2 Å². The highest BCUT2D eigenvalue weighted by Gasteiger charge is 1.92. The number of hydrogen-bond acceptors (Lipinski definition) is 3. The maximum atomic E-state index is 5.34. The number of hydrogen-bond donors (Lipinski definition) is 1. The summed E-state index contributed by atoms with van der Waals surface area (Å²) in [5.74, 6) is 0. The van der Waals surface area contributed by atoms with Gasteiger partial charge in [0.05, 0.1) is 11.9 Å². The van der Waals surface area contributed by atoms with Gasteiger partial charge in [-0.05, 0) is 25.1 Å². The molecule has 54 valence electrons.